The van der Waals surface area contributed by atoms with E-state index in [1.807, 2.05) is 47.0 Å². The Morgan fingerprint density at radius 1 is 0.946 bits per heavy atom. The van der Waals surface area contributed by atoms with Crippen molar-refractivity contribution in [3.05, 3.63) is 36.2 Å². The predicted octanol–water partition coefficient (Wildman–Crippen LogP) is 3.48. The largest absolute Gasteiger partial charge is 0.466 e. The quantitative estimate of drug-likeness (QED) is 0.0604. The minimum absolute atomic E-state index is 0.0114. The van der Waals surface area contributed by atoms with Gasteiger partial charge in [-0.05, 0) is 97.0 Å². The highest BCUT2D eigenvalue weighted by molar-refractivity contribution is 5.90. The average Bonchev–Trinajstić information content (AvgIpc) is 3.67. The van der Waals surface area contributed by atoms with Crippen LogP contribution in [0.3, 0.4) is 0 Å². The molecule has 0 bridgehead atoms. The van der Waals surface area contributed by atoms with Gasteiger partial charge in [-0.1, -0.05) is 36.6 Å². The van der Waals surface area contributed by atoms with Crippen LogP contribution in [-0.2, 0) is 32.2 Å². The van der Waals surface area contributed by atoms with Gasteiger partial charge in [0.25, 0.3) is 0 Å². The van der Waals surface area contributed by atoms with Gasteiger partial charge in [0.1, 0.15) is 11.5 Å². The number of esters is 1. The number of nitrogens with zero attached hydrogens (tertiary/aromatic N) is 6. The average molecular weight is 777 g/mol. The van der Waals surface area contributed by atoms with Crippen molar-refractivity contribution < 1.29 is 19.1 Å². The number of carbonyl (C=O) groups excluding carboxylic acids is 3. The molecule has 308 valence electrons. The molecule has 2 unspecified atom stereocenters. The van der Waals surface area contributed by atoms with Gasteiger partial charge in [0.05, 0.1) is 30.9 Å². The summed E-state index contributed by atoms with van der Waals surface area (Å²) in [6, 6.07) is 7.75. The number of rotatable bonds is 23. The van der Waals surface area contributed by atoms with Crippen LogP contribution < -0.4 is 32.3 Å². The van der Waals surface area contributed by atoms with Crippen LogP contribution in [0.1, 0.15) is 103 Å². The number of anilines is 2. The summed E-state index contributed by atoms with van der Waals surface area (Å²) in [6.07, 6.45) is 13.5. The van der Waals surface area contributed by atoms with E-state index >= 15 is 0 Å². The van der Waals surface area contributed by atoms with Crippen LogP contribution in [0, 0.1) is 0 Å². The van der Waals surface area contributed by atoms with Crippen molar-refractivity contribution in [3.63, 3.8) is 0 Å². The highest BCUT2D eigenvalue weighted by Crippen LogP contribution is 2.25. The molecule has 56 heavy (non-hydrogen) atoms. The van der Waals surface area contributed by atoms with Gasteiger partial charge < -0.3 is 42.0 Å². The molecule has 0 spiro atoms. The summed E-state index contributed by atoms with van der Waals surface area (Å²) in [7, 11) is 0. The summed E-state index contributed by atoms with van der Waals surface area (Å²) in [5.41, 5.74) is 7.75. The topological polar surface area (TPSA) is 206 Å². The Hall–Kier alpha value is -4.41. The SMILES string of the molecule is CCOC(=O)CCC(C)NC(=O)C(N)CCC(=O)N1CCC(Nc2nc(NCc3cn(CCCNCCCNC4CCCCC4)nn3)nc3ccccc23)CC1. The van der Waals surface area contributed by atoms with Gasteiger partial charge in [-0.25, -0.2) is 4.98 Å². The third-order valence-corrected chi connectivity index (χ3v) is 10.6. The molecule has 3 heterocycles. The lowest BCUT2D eigenvalue weighted by molar-refractivity contribution is -0.143. The zero-order chi connectivity index (χ0) is 39.5. The molecule has 16 nitrogen and oxygen atoms in total. The van der Waals surface area contributed by atoms with Crippen molar-refractivity contribution in [1.29, 1.82) is 0 Å². The van der Waals surface area contributed by atoms with Gasteiger partial charge in [-0.3, -0.25) is 19.1 Å². The van der Waals surface area contributed by atoms with Crippen LogP contribution in [0.15, 0.2) is 30.5 Å². The number of likely N-dealkylation sites (tertiary alicyclic amines) is 1. The fraction of sp³-hybridized carbons (Fsp3) is 0.675. The molecule has 16 heteroatoms. The molecular weight excluding hydrogens is 713 g/mol. The zero-order valence-corrected chi connectivity index (χ0v) is 33.4. The number of piperidine rings is 1. The van der Waals surface area contributed by atoms with E-state index in [4.69, 9.17) is 20.4 Å². The van der Waals surface area contributed by atoms with E-state index in [1.165, 1.54) is 32.1 Å². The van der Waals surface area contributed by atoms with E-state index in [2.05, 4.69) is 36.9 Å². The first-order chi connectivity index (χ1) is 27.3. The molecule has 5 rings (SSSR count). The Kier molecular flexibility index (Phi) is 17.5. The molecule has 2 aromatic heterocycles. The fourth-order valence-corrected chi connectivity index (χ4v) is 7.31. The second-order valence-electron chi connectivity index (χ2n) is 15.2. The molecule has 1 aromatic carbocycles. The Balaban J connectivity index is 1.00. The fourth-order valence-electron chi connectivity index (χ4n) is 7.31. The van der Waals surface area contributed by atoms with Crippen LogP contribution in [0.25, 0.3) is 10.9 Å². The number of amides is 2. The van der Waals surface area contributed by atoms with E-state index in [0.29, 0.717) is 38.6 Å². The van der Waals surface area contributed by atoms with Gasteiger partial charge in [0, 0.05) is 56.0 Å². The van der Waals surface area contributed by atoms with E-state index in [1.54, 1.807) is 6.92 Å². The molecule has 0 radical (unpaired) electrons. The number of hydrogen-bond donors (Lipinski definition) is 6. The second-order valence-corrected chi connectivity index (χ2v) is 15.2. The number of benzene rings is 1. The number of fused-ring (bicyclic) bond motifs is 1. The minimum Gasteiger partial charge on any atom is -0.466 e. The van der Waals surface area contributed by atoms with Crippen molar-refractivity contribution >= 4 is 40.5 Å². The van der Waals surface area contributed by atoms with Gasteiger partial charge in [-0.15, -0.1) is 5.10 Å². The summed E-state index contributed by atoms with van der Waals surface area (Å²) in [6.45, 7) is 9.41. The smallest absolute Gasteiger partial charge is 0.305 e. The highest BCUT2D eigenvalue weighted by Gasteiger charge is 2.25. The third kappa shape index (κ3) is 14.3. The van der Waals surface area contributed by atoms with Crippen LogP contribution in [0.2, 0.25) is 0 Å². The van der Waals surface area contributed by atoms with Crippen LogP contribution in [0.5, 0.6) is 0 Å². The van der Waals surface area contributed by atoms with Gasteiger partial charge in [0.2, 0.25) is 17.8 Å². The number of carbonyl (C=O) groups is 3. The third-order valence-electron chi connectivity index (χ3n) is 10.6. The molecule has 7 N–H and O–H groups in total. The maximum atomic E-state index is 13.0. The highest BCUT2D eigenvalue weighted by atomic mass is 16.5. The lowest BCUT2D eigenvalue weighted by atomic mass is 9.95. The van der Waals surface area contributed by atoms with Crippen LogP contribution >= 0.6 is 0 Å². The maximum absolute atomic E-state index is 13.0. The molecule has 3 aromatic rings. The Labute approximate surface area is 331 Å². The summed E-state index contributed by atoms with van der Waals surface area (Å²) in [5.74, 6) is 0.626. The summed E-state index contributed by atoms with van der Waals surface area (Å²) in [5, 5.41) is 26.6. The molecule has 2 amide bonds. The molecule has 1 saturated heterocycles. The number of para-hydroxylation sites is 1. The number of nitrogens with one attached hydrogen (secondary N) is 5. The van der Waals surface area contributed by atoms with E-state index in [9.17, 15) is 14.4 Å². The lowest BCUT2D eigenvalue weighted by Gasteiger charge is -2.33. The number of hydrogen-bond acceptors (Lipinski definition) is 13. The Morgan fingerprint density at radius 2 is 1.73 bits per heavy atom. The first kappa shape index (κ1) is 42.7. The van der Waals surface area contributed by atoms with Crippen molar-refractivity contribution in [2.24, 2.45) is 5.73 Å². The van der Waals surface area contributed by atoms with Crippen molar-refractivity contribution in [1.82, 2.24) is 45.8 Å². The van der Waals surface area contributed by atoms with E-state index in [0.717, 1.165) is 80.3 Å². The van der Waals surface area contributed by atoms with Crippen molar-refractivity contribution in [3.8, 4) is 0 Å². The summed E-state index contributed by atoms with van der Waals surface area (Å²) < 4.78 is 6.83. The van der Waals surface area contributed by atoms with E-state index in [-0.39, 0.29) is 49.1 Å². The first-order valence-corrected chi connectivity index (χ1v) is 20.9. The molecule has 1 aliphatic heterocycles. The number of ether oxygens (including phenoxy) is 1. The molecule has 2 aliphatic rings. The molecular formula is C40H64N12O4. The van der Waals surface area contributed by atoms with Crippen molar-refractivity contribution in [2.75, 3.05) is 50.0 Å². The second kappa shape index (κ2) is 23.0. The molecule has 2 fully saturated rings. The first-order valence-electron chi connectivity index (χ1n) is 20.9. The predicted molar refractivity (Wildman–Crippen MR) is 218 cm³/mol. The van der Waals surface area contributed by atoms with E-state index < -0.39 is 6.04 Å². The molecule has 1 saturated carbocycles. The van der Waals surface area contributed by atoms with Crippen LogP contribution in [-0.4, -0.2) is 111 Å². The minimum atomic E-state index is -0.801. The summed E-state index contributed by atoms with van der Waals surface area (Å²) in [4.78, 5) is 48.6. The molecule has 1 aliphatic carbocycles. The number of nitrogens with two attached hydrogens (primary N) is 1. The monoisotopic (exact) mass is 777 g/mol. The summed E-state index contributed by atoms with van der Waals surface area (Å²) >= 11 is 0. The normalized spacial score (nSPS) is 16.4. The van der Waals surface area contributed by atoms with Crippen molar-refractivity contribution in [2.45, 2.75) is 135 Å². The number of aromatic nitrogens is 5. The maximum Gasteiger partial charge on any atom is 0.305 e. The molecule has 2 atom stereocenters. The van der Waals surface area contributed by atoms with Gasteiger partial charge in [-0.2, -0.15) is 4.98 Å². The van der Waals surface area contributed by atoms with Crippen LogP contribution in [0.4, 0.5) is 11.8 Å². The Morgan fingerprint density at radius 3 is 2.54 bits per heavy atom. The zero-order valence-electron chi connectivity index (χ0n) is 33.4. The standard InChI is InChI=1S/C40H64N12O4/c1-3-56-37(54)18-15-29(2)45-39(55)34(41)16-17-36(53)51-25-19-31(20-26-51)46-38-33-13-7-8-14-35(33)47-40(48-38)44-27-32-28-52(50-49-32)24-10-22-42-21-9-23-43-30-11-5-4-6-12-30/h7-8,13-14,28-31,34,42-43H,3-6,9-12,15-27,41H2,1-2H3,(H,45,55)(H2,44,46,47,48). The van der Waals surface area contributed by atoms with Gasteiger partial charge >= 0.3 is 5.97 Å². The lowest BCUT2D eigenvalue weighted by Crippen LogP contribution is -2.46. The number of aryl methyl sites for hydroxylation is 1. The van der Waals surface area contributed by atoms with Gasteiger partial charge in [0.15, 0.2) is 0 Å². The Bertz CT molecular complexity index is 1660.